The van der Waals surface area contributed by atoms with Crippen molar-refractivity contribution in [3.63, 3.8) is 0 Å². The number of aryl methyl sites for hydroxylation is 1. The van der Waals surface area contributed by atoms with E-state index in [0.717, 1.165) is 22.1 Å². The standard InChI is InChI=1S/C10H11IN2O2/c11-7-3-6-1-2-8(13-10(14)15)4-9(6)12-5-7/h3,5,8,13H,1-2,4H2,(H,14,15). The van der Waals surface area contributed by atoms with E-state index >= 15 is 0 Å². The molecule has 2 N–H and O–H groups in total. The lowest BCUT2D eigenvalue weighted by molar-refractivity contribution is 0.188. The molecular weight excluding hydrogens is 307 g/mol. The molecule has 5 heteroatoms. The van der Waals surface area contributed by atoms with E-state index in [1.165, 1.54) is 5.56 Å². The fourth-order valence-electron chi connectivity index (χ4n) is 1.87. The first-order chi connectivity index (χ1) is 7.15. The van der Waals surface area contributed by atoms with Crippen LogP contribution in [0.2, 0.25) is 0 Å². The Labute approximate surface area is 101 Å². The number of pyridine rings is 1. The molecule has 0 saturated heterocycles. The summed E-state index contributed by atoms with van der Waals surface area (Å²) in [4.78, 5) is 14.8. The summed E-state index contributed by atoms with van der Waals surface area (Å²) in [6.07, 6.45) is 3.35. The molecule has 1 unspecified atom stereocenters. The molecule has 1 atom stereocenters. The van der Waals surface area contributed by atoms with E-state index in [-0.39, 0.29) is 6.04 Å². The van der Waals surface area contributed by atoms with E-state index in [2.05, 4.69) is 39.0 Å². The van der Waals surface area contributed by atoms with Crippen LogP contribution in [0.1, 0.15) is 17.7 Å². The highest BCUT2D eigenvalue weighted by Gasteiger charge is 2.20. The summed E-state index contributed by atoms with van der Waals surface area (Å²) in [5.41, 5.74) is 2.28. The molecule has 0 aromatic carbocycles. The quantitative estimate of drug-likeness (QED) is 0.777. The molecule has 1 aliphatic rings. The molecule has 80 valence electrons. The van der Waals surface area contributed by atoms with Crippen molar-refractivity contribution in [3.8, 4) is 0 Å². The molecule has 1 heterocycles. The smallest absolute Gasteiger partial charge is 0.404 e. The van der Waals surface area contributed by atoms with Crippen LogP contribution in [0.15, 0.2) is 12.3 Å². The lowest BCUT2D eigenvalue weighted by Gasteiger charge is -2.23. The first kappa shape index (κ1) is 10.7. The van der Waals surface area contributed by atoms with Crippen molar-refractivity contribution < 1.29 is 9.90 Å². The van der Waals surface area contributed by atoms with Crippen molar-refractivity contribution in [3.05, 3.63) is 27.1 Å². The summed E-state index contributed by atoms with van der Waals surface area (Å²) < 4.78 is 1.14. The fourth-order valence-corrected chi connectivity index (χ4v) is 2.39. The second-order valence-corrected chi connectivity index (χ2v) is 4.89. The normalized spacial score (nSPS) is 19.4. The van der Waals surface area contributed by atoms with E-state index in [0.29, 0.717) is 6.42 Å². The molecule has 15 heavy (non-hydrogen) atoms. The molecule has 0 fully saturated rings. The number of halogens is 1. The van der Waals surface area contributed by atoms with Gasteiger partial charge in [-0.2, -0.15) is 0 Å². The lowest BCUT2D eigenvalue weighted by Crippen LogP contribution is -2.38. The van der Waals surface area contributed by atoms with Crippen LogP contribution >= 0.6 is 22.6 Å². The van der Waals surface area contributed by atoms with Gasteiger partial charge in [-0.15, -0.1) is 0 Å². The fraction of sp³-hybridized carbons (Fsp3) is 0.400. The molecular formula is C10H11IN2O2. The van der Waals surface area contributed by atoms with Gasteiger partial charge in [0.25, 0.3) is 0 Å². The van der Waals surface area contributed by atoms with Crippen LogP contribution in [0, 0.1) is 3.57 Å². The van der Waals surface area contributed by atoms with Gasteiger partial charge in [-0.25, -0.2) is 4.79 Å². The molecule has 1 aromatic heterocycles. The van der Waals surface area contributed by atoms with Gasteiger partial charge >= 0.3 is 6.09 Å². The third kappa shape index (κ3) is 2.58. The van der Waals surface area contributed by atoms with E-state index in [9.17, 15) is 4.79 Å². The predicted octanol–water partition coefficient (Wildman–Crippen LogP) is 1.81. The van der Waals surface area contributed by atoms with Gasteiger partial charge in [0.2, 0.25) is 0 Å². The van der Waals surface area contributed by atoms with Gasteiger partial charge in [-0.3, -0.25) is 4.98 Å². The van der Waals surface area contributed by atoms with Crippen LogP contribution in [0.25, 0.3) is 0 Å². The van der Waals surface area contributed by atoms with Crippen LogP contribution in [0.5, 0.6) is 0 Å². The van der Waals surface area contributed by atoms with Gasteiger partial charge in [-0.05, 0) is 47.1 Å². The molecule has 0 bridgehead atoms. The molecule has 0 saturated carbocycles. The third-order valence-electron chi connectivity index (χ3n) is 2.56. The molecule has 0 radical (unpaired) electrons. The Morgan fingerprint density at radius 2 is 2.47 bits per heavy atom. The lowest BCUT2D eigenvalue weighted by atomic mass is 9.92. The zero-order chi connectivity index (χ0) is 10.8. The van der Waals surface area contributed by atoms with Crippen molar-refractivity contribution in [1.82, 2.24) is 10.3 Å². The summed E-state index contributed by atoms with van der Waals surface area (Å²) in [5, 5.41) is 11.1. The monoisotopic (exact) mass is 318 g/mol. The van der Waals surface area contributed by atoms with Crippen LogP contribution < -0.4 is 5.32 Å². The maximum atomic E-state index is 10.5. The van der Waals surface area contributed by atoms with Gasteiger partial charge in [0.05, 0.1) is 0 Å². The zero-order valence-corrected chi connectivity index (χ0v) is 10.2. The van der Waals surface area contributed by atoms with Crippen molar-refractivity contribution in [2.75, 3.05) is 0 Å². The minimum absolute atomic E-state index is 0.0163. The molecule has 1 aromatic rings. The Balaban J connectivity index is 2.13. The average Bonchev–Trinajstić information content (AvgIpc) is 2.17. The predicted molar refractivity (Wildman–Crippen MR) is 63.9 cm³/mol. The van der Waals surface area contributed by atoms with E-state index < -0.39 is 6.09 Å². The second kappa shape index (κ2) is 4.34. The van der Waals surface area contributed by atoms with Gasteiger partial charge < -0.3 is 10.4 Å². The highest BCUT2D eigenvalue weighted by Crippen LogP contribution is 2.21. The Morgan fingerprint density at radius 3 is 3.20 bits per heavy atom. The maximum absolute atomic E-state index is 10.5. The summed E-state index contributed by atoms with van der Waals surface area (Å²) in [6.45, 7) is 0. The van der Waals surface area contributed by atoms with Crippen molar-refractivity contribution in [2.45, 2.75) is 25.3 Å². The largest absolute Gasteiger partial charge is 0.465 e. The molecule has 0 aliphatic heterocycles. The maximum Gasteiger partial charge on any atom is 0.404 e. The number of carboxylic acid groups (broad SMARTS) is 1. The number of rotatable bonds is 1. The van der Waals surface area contributed by atoms with Gasteiger partial charge in [0, 0.05) is 27.9 Å². The summed E-state index contributed by atoms with van der Waals surface area (Å²) in [6, 6.07) is 2.14. The van der Waals surface area contributed by atoms with Crippen molar-refractivity contribution in [1.29, 1.82) is 0 Å². The molecule has 2 rings (SSSR count). The number of hydrogen-bond donors (Lipinski definition) is 2. The Kier molecular flexibility index (Phi) is 3.08. The molecule has 0 spiro atoms. The highest BCUT2D eigenvalue weighted by atomic mass is 127. The van der Waals surface area contributed by atoms with Crippen LogP contribution in [-0.4, -0.2) is 22.2 Å². The number of carbonyl (C=O) groups is 1. The van der Waals surface area contributed by atoms with E-state index in [1.54, 1.807) is 0 Å². The van der Waals surface area contributed by atoms with Gasteiger partial charge in [0.1, 0.15) is 0 Å². The number of aromatic nitrogens is 1. The van der Waals surface area contributed by atoms with E-state index in [1.807, 2.05) is 6.20 Å². The third-order valence-corrected chi connectivity index (χ3v) is 3.15. The number of amides is 1. The van der Waals surface area contributed by atoms with Gasteiger partial charge in [-0.1, -0.05) is 0 Å². The Hall–Kier alpha value is -0.850. The SMILES string of the molecule is O=C(O)NC1CCc2cc(I)cnc2C1. The van der Waals surface area contributed by atoms with Crippen molar-refractivity contribution in [2.24, 2.45) is 0 Å². The first-order valence-electron chi connectivity index (χ1n) is 4.78. The summed E-state index contributed by atoms with van der Waals surface area (Å²) in [5.74, 6) is 0. The van der Waals surface area contributed by atoms with Crippen LogP contribution in [0.3, 0.4) is 0 Å². The number of fused-ring (bicyclic) bond motifs is 1. The summed E-state index contributed by atoms with van der Waals surface area (Å²) >= 11 is 2.24. The van der Waals surface area contributed by atoms with Crippen LogP contribution in [-0.2, 0) is 12.8 Å². The zero-order valence-electron chi connectivity index (χ0n) is 8.03. The number of hydrogen-bond acceptors (Lipinski definition) is 2. The molecule has 4 nitrogen and oxygen atoms in total. The number of nitrogens with zero attached hydrogens (tertiary/aromatic N) is 1. The van der Waals surface area contributed by atoms with E-state index in [4.69, 9.17) is 5.11 Å². The highest BCUT2D eigenvalue weighted by molar-refractivity contribution is 14.1. The minimum Gasteiger partial charge on any atom is -0.465 e. The Bertz CT molecular complexity index is 395. The minimum atomic E-state index is -0.950. The topological polar surface area (TPSA) is 62.2 Å². The summed E-state index contributed by atoms with van der Waals surface area (Å²) in [7, 11) is 0. The van der Waals surface area contributed by atoms with Gasteiger partial charge in [0.15, 0.2) is 0 Å². The average molecular weight is 318 g/mol. The Morgan fingerprint density at radius 1 is 1.67 bits per heavy atom. The van der Waals surface area contributed by atoms with Crippen molar-refractivity contribution >= 4 is 28.7 Å². The van der Waals surface area contributed by atoms with Crippen LogP contribution in [0.4, 0.5) is 4.79 Å². The second-order valence-electron chi connectivity index (χ2n) is 3.65. The molecule has 1 aliphatic carbocycles. The molecule has 1 amide bonds. The first-order valence-corrected chi connectivity index (χ1v) is 5.86. The number of nitrogens with one attached hydrogen (secondary N) is 1.